The number of hydrogen-bond donors (Lipinski definition) is 2. The molecule has 0 saturated heterocycles. The molecule has 0 radical (unpaired) electrons. The first-order valence-corrected chi connectivity index (χ1v) is 11.7. The van der Waals surface area contributed by atoms with Crippen molar-refractivity contribution in [2.75, 3.05) is 0 Å². The molecule has 0 saturated carbocycles. The van der Waals surface area contributed by atoms with Crippen LogP contribution in [0.1, 0.15) is 87.0 Å². The van der Waals surface area contributed by atoms with Gasteiger partial charge in [-0.3, -0.25) is 9.98 Å². The molecule has 3 aromatic rings. The second-order valence-corrected chi connectivity index (χ2v) is 9.41. The molecule has 178 valence electrons. The van der Waals surface area contributed by atoms with Gasteiger partial charge >= 0.3 is 0 Å². The van der Waals surface area contributed by atoms with Gasteiger partial charge in [-0.1, -0.05) is 45.9 Å². The van der Waals surface area contributed by atoms with Crippen LogP contribution >= 0.6 is 0 Å². The largest absolute Gasteiger partial charge is 0.508 e. The third-order valence-corrected chi connectivity index (χ3v) is 6.16. The molecule has 5 nitrogen and oxygen atoms in total. The van der Waals surface area contributed by atoms with Crippen LogP contribution in [-0.2, 0) is 0 Å². The molecule has 0 aliphatic heterocycles. The molecule has 1 aromatic heterocycles. The van der Waals surface area contributed by atoms with E-state index in [1.54, 1.807) is 12.1 Å². The molecule has 34 heavy (non-hydrogen) atoms. The maximum Gasteiger partial charge on any atom is 0.120 e. The van der Waals surface area contributed by atoms with E-state index in [1.807, 2.05) is 58.0 Å². The van der Waals surface area contributed by atoms with Crippen molar-refractivity contribution in [2.45, 2.75) is 67.2 Å². The number of aliphatic imine (C=N–C) groups is 2. The summed E-state index contributed by atoms with van der Waals surface area (Å²) in [4.78, 5) is 14.6. The summed E-state index contributed by atoms with van der Waals surface area (Å²) in [6.45, 7) is 16.1. The highest BCUT2D eigenvalue weighted by atomic mass is 16.3. The minimum absolute atomic E-state index is 0.239. The van der Waals surface area contributed by atoms with Gasteiger partial charge in [0.05, 0.1) is 34.2 Å². The summed E-state index contributed by atoms with van der Waals surface area (Å²) in [5, 5.41) is 20.5. The lowest BCUT2D eigenvalue weighted by Gasteiger charge is -2.15. The van der Waals surface area contributed by atoms with Crippen molar-refractivity contribution < 1.29 is 10.2 Å². The van der Waals surface area contributed by atoms with Crippen molar-refractivity contribution in [1.82, 2.24) is 4.98 Å². The van der Waals surface area contributed by atoms with Crippen molar-refractivity contribution >= 4 is 22.8 Å². The lowest BCUT2D eigenvalue weighted by Crippen LogP contribution is -2.06. The zero-order valence-electron chi connectivity index (χ0n) is 21.4. The summed E-state index contributed by atoms with van der Waals surface area (Å²) in [6.07, 6.45) is 0. The summed E-state index contributed by atoms with van der Waals surface area (Å²) < 4.78 is 0. The van der Waals surface area contributed by atoms with E-state index in [0.717, 1.165) is 56.4 Å². The number of phenolic OH excluding ortho intramolecular Hbond substituents is 2. The van der Waals surface area contributed by atoms with Crippen LogP contribution in [0.3, 0.4) is 0 Å². The molecule has 0 aliphatic carbocycles. The molecule has 2 N–H and O–H groups in total. The van der Waals surface area contributed by atoms with Crippen LogP contribution in [0.5, 0.6) is 11.5 Å². The van der Waals surface area contributed by atoms with Gasteiger partial charge in [0.1, 0.15) is 11.5 Å². The van der Waals surface area contributed by atoms with Gasteiger partial charge in [0.25, 0.3) is 0 Å². The quantitative estimate of drug-likeness (QED) is 0.373. The number of aromatic hydroxyl groups is 2. The van der Waals surface area contributed by atoms with Gasteiger partial charge in [-0.25, -0.2) is 4.98 Å². The smallest absolute Gasteiger partial charge is 0.120 e. The Morgan fingerprint density at radius 3 is 1.41 bits per heavy atom. The van der Waals surface area contributed by atoms with E-state index in [4.69, 9.17) is 15.0 Å². The lowest BCUT2D eigenvalue weighted by atomic mass is 9.97. The Labute approximate surface area is 203 Å². The highest BCUT2D eigenvalue weighted by Crippen LogP contribution is 2.37. The number of hydrogen-bond acceptors (Lipinski definition) is 5. The standard InChI is InChI=1S/C29H35N3O2/c1-16(2)22-12-14-26(33)18(5)28(22)30-20(7)24-10-9-11-25(32-24)21(8)31-29-19(6)27(34)15-13-23(29)17(3)4/h9-17,33-34H,1-8H3. The van der Waals surface area contributed by atoms with E-state index >= 15 is 0 Å². The van der Waals surface area contributed by atoms with Gasteiger partial charge in [0.2, 0.25) is 0 Å². The number of rotatable bonds is 6. The summed E-state index contributed by atoms with van der Waals surface area (Å²) in [5.74, 6) is 1.03. The molecular weight excluding hydrogens is 422 g/mol. The summed E-state index contributed by atoms with van der Waals surface area (Å²) >= 11 is 0. The second kappa shape index (κ2) is 10.2. The van der Waals surface area contributed by atoms with Crippen molar-refractivity contribution in [1.29, 1.82) is 0 Å². The molecule has 0 atom stereocenters. The molecular formula is C29H35N3O2. The Morgan fingerprint density at radius 1 is 0.676 bits per heavy atom. The van der Waals surface area contributed by atoms with Crippen LogP contribution in [0, 0.1) is 13.8 Å². The third kappa shape index (κ3) is 5.19. The summed E-state index contributed by atoms with van der Waals surface area (Å²) in [5.41, 5.74) is 8.32. The van der Waals surface area contributed by atoms with Gasteiger partial charge in [-0.05, 0) is 74.9 Å². The highest BCUT2D eigenvalue weighted by Gasteiger charge is 2.15. The zero-order valence-corrected chi connectivity index (χ0v) is 21.4. The predicted octanol–water partition coefficient (Wildman–Crippen LogP) is 7.64. The molecule has 0 unspecified atom stereocenters. The molecule has 0 aliphatic rings. The van der Waals surface area contributed by atoms with Crippen LogP contribution in [0.15, 0.2) is 52.4 Å². The van der Waals surface area contributed by atoms with Gasteiger partial charge in [0.15, 0.2) is 0 Å². The van der Waals surface area contributed by atoms with Crippen LogP contribution in [-0.4, -0.2) is 26.6 Å². The predicted molar refractivity (Wildman–Crippen MR) is 142 cm³/mol. The highest BCUT2D eigenvalue weighted by molar-refractivity contribution is 6.02. The molecule has 1 heterocycles. The number of phenols is 2. The Balaban J connectivity index is 2.06. The van der Waals surface area contributed by atoms with E-state index < -0.39 is 0 Å². The monoisotopic (exact) mass is 457 g/mol. The lowest BCUT2D eigenvalue weighted by molar-refractivity contribution is 0.470. The van der Waals surface area contributed by atoms with Crippen LogP contribution in [0.2, 0.25) is 0 Å². The molecule has 0 amide bonds. The van der Waals surface area contributed by atoms with E-state index in [1.165, 1.54) is 0 Å². The maximum absolute atomic E-state index is 10.2. The fourth-order valence-corrected chi connectivity index (χ4v) is 3.94. The van der Waals surface area contributed by atoms with Gasteiger partial charge < -0.3 is 10.2 Å². The normalized spacial score (nSPS) is 12.6. The average Bonchev–Trinajstić information content (AvgIpc) is 2.79. The van der Waals surface area contributed by atoms with E-state index in [0.29, 0.717) is 0 Å². The second-order valence-electron chi connectivity index (χ2n) is 9.41. The van der Waals surface area contributed by atoms with Gasteiger partial charge in [0, 0.05) is 11.1 Å². The number of nitrogens with zero attached hydrogens (tertiary/aromatic N) is 3. The van der Waals surface area contributed by atoms with Crippen molar-refractivity contribution in [3.63, 3.8) is 0 Å². The molecule has 0 fully saturated rings. The minimum atomic E-state index is 0.239. The Bertz CT molecular complexity index is 1180. The van der Waals surface area contributed by atoms with Crippen LogP contribution in [0.4, 0.5) is 11.4 Å². The Morgan fingerprint density at radius 2 is 1.06 bits per heavy atom. The fraction of sp³-hybridized carbons (Fsp3) is 0.345. The van der Waals surface area contributed by atoms with Gasteiger partial charge in [-0.2, -0.15) is 0 Å². The van der Waals surface area contributed by atoms with E-state index in [2.05, 4.69) is 27.7 Å². The first kappa shape index (κ1) is 25.2. The van der Waals surface area contributed by atoms with E-state index in [9.17, 15) is 10.2 Å². The molecule has 0 spiro atoms. The van der Waals surface area contributed by atoms with Crippen molar-refractivity contribution in [2.24, 2.45) is 9.98 Å². The van der Waals surface area contributed by atoms with Crippen LogP contribution < -0.4 is 0 Å². The first-order chi connectivity index (χ1) is 16.0. The summed E-state index contributed by atoms with van der Waals surface area (Å²) in [6, 6.07) is 13.1. The molecule has 3 rings (SSSR count). The summed E-state index contributed by atoms with van der Waals surface area (Å²) in [7, 11) is 0. The number of aromatic nitrogens is 1. The molecule has 0 bridgehead atoms. The minimum Gasteiger partial charge on any atom is -0.508 e. The van der Waals surface area contributed by atoms with Gasteiger partial charge in [-0.15, -0.1) is 0 Å². The Kier molecular flexibility index (Phi) is 7.55. The average molecular weight is 458 g/mol. The van der Waals surface area contributed by atoms with E-state index in [-0.39, 0.29) is 23.3 Å². The number of pyridine rings is 1. The molecule has 2 aromatic carbocycles. The molecule has 5 heteroatoms. The SMILES string of the molecule is CC(=Nc1c(C(C)C)ccc(O)c1C)c1cccc(C(C)=Nc2c(C(C)C)ccc(O)c2C)n1. The van der Waals surface area contributed by atoms with Crippen molar-refractivity contribution in [3.05, 3.63) is 76.1 Å². The number of benzene rings is 2. The third-order valence-electron chi connectivity index (χ3n) is 6.16. The maximum atomic E-state index is 10.2. The topological polar surface area (TPSA) is 78.1 Å². The van der Waals surface area contributed by atoms with Crippen LogP contribution in [0.25, 0.3) is 0 Å². The first-order valence-electron chi connectivity index (χ1n) is 11.7. The Hall–Kier alpha value is -3.47. The van der Waals surface area contributed by atoms with Crippen molar-refractivity contribution in [3.8, 4) is 11.5 Å². The fourth-order valence-electron chi connectivity index (χ4n) is 3.94. The zero-order chi connectivity index (χ0) is 25.2.